The Morgan fingerprint density at radius 3 is 1.25 bits per heavy atom. The van der Waals surface area contributed by atoms with Gasteiger partial charge in [0.25, 0.3) is 5.91 Å². The van der Waals surface area contributed by atoms with Crippen LogP contribution in [0, 0.1) is 275 Å². The fourth-order valence-electron chi connectivity index (χ4n) is 3.15. The number of thiocyanates is 1. The molecule has 0 spiro atoms. The zero-order chi connectivity index (χ0) is 48.5. The second-order valence-corrected chi connectivity index (χ2v) is 13.4. The third-order valence-electron chi connectivity index (χ3n) is 6.05. The molecule has 1 amide bonds. The number of nitrogens with one attached hydrogen (secondary N) is 3. The first-order valence-corrected chi connectivity index (χ1v) is 19.4. The molecule has 0 heterocycles. The summed E-state index contributed by atoms with van der Waals surface area (Å²) in [6.07, 6.45) is 1.85. The van der Waals surface area contributed by atoms with Gasteiger partial charge < -0.3 is 38.9 Å². The van der Waals surface area contributed by atoms with E-state index >= 15 is 0 Å². The topological polar surface area (TPSA) is 394 Å². The van der Waals surface area contributed by atoms with E-state index in [1.54, 1.807) is 80.8 Å². The number of thiocarbonyl (C=S) groups is 2. The normalized spacial score (nSPS) is 8.18. The number of carbonyl (C=O) groups is 2. The van der Waals surface area contributed by atoms with Crippen LogP contribution in [0.15, 0.2) is 60.7 Å². The van der Waals surface area contributed by atoms with E-state index in [0.717, 1.165) is 12.5 Å². The molecule has 0 bridgehead atoms. The Bertz CT molecular complexity index is 1750. The van der Waals surface area contributed by atoms with Crippen LogP contribution in [0.5, 0.6) is 0 Å². The van der Waals surface area contributed by atoms with Crippen LogP contribution >= 0.6 is 36.2 Å². The van der Waals surface area contributed by atoms with Crippen LogP contribution in [0.3, 0.4) is 0 Å². The van der Waals surface area contributed by atoms with Crippen molar-refractivity contribution in [3.8, 4) is 11.5 Å². The van der Waals surface area contributed by atoms with Crippen molar-refractivity contribution < 1.29 is 349 Å². The number of nitro groups is 4. The Labute approximate surface area is 681 Å². The van der Waals surface area contributed by atoms with Crippen LogP contribution in [0.2, 0.25) is 0 Å². The third-order valence-corrected chi connectivity index (χ3v) is 6.87. The summed E-state index contributed by atoms with van der Waals surface area (Å²) >= 11 is 10.1. The van der Waals surface area contributed by atoms with E-state index in [9.17, 15) is 50.0 Å². The van der Waals surface area contributed by atoms with Gasteiger partial charge in [0.05, 0.1) is 12.5 Å². The summed E-state index contributed by atoms with van der Waals surface area (Å²) in [5, 5.41) is 64.8. The van der Waals surface area contributed by atoms with E-state index in [4.69, 9.17) is 45.7 Å². The number of nitrogens with zero attached hydrogens (tertiary/aromatic N) is 6. The molecule has 0 saturated carbocycles. The predicted octanol–water partition coefficient (Wildman–Crippen LogP) is 3.77. The molecular weight excluding hydrogens is 1430 g/mol. The van der Waals surface area contributed by atoms with E-state index in [2.05, 4.69) is 28.2 Å². The van der Waals surface area contributed by atoms with E-state index in [-0.39, 0.29) is 390 Å². The second kappa shape index (κ2) is 76.8. The summed E-state index contributed by atoms with van der Waals surface area (Å²) < 4.78 is 0. The van der Waals surface area contributed by atoms with Crippen LogP contribution in [-0.2, 0) is 131 Å². The Balaban J connectivity index is -0.0000000526. The standard InChI is InChI=1S/C12H14N3O3S.C8H5NOS.C5H10N3O2S.C4H9N2O2.C4H11N2.C3H4N2O2.5Ar.4Y/c1-9(7-8-15(17)18)13-12(19)14-11(16)10-5-3-2-4-6-10;9-6-11-8(10)7-4-2-1-3-5-7;1-4(7-5(6)11)2-3-8(9)10;1-4(5)2-3-6(7)8;1-4(6)2-3-5;4-2-1-3-5(6)7;;;;;;;;;/h2-6H,7-8H2,1H3,(H2,13,14,16,19);1-5H;2-3H2,1H3,(H3,6,7,11);2-3,5H2,1H3;2-3,5-6H2,1H3;1,3H2;;;;;;;;;/q-1;;3*-1;;;;;;;;;;. The van der Waals surface area contributed by atoms with Gasteiger partial charge in [0.2, 0.25) is 11.7 Å². The van der Waals surface area contributed by atoms with Gasteiger partial charge in [-0.05, 0) is 43.1 Å². The van der Waals surface area contributed by atoms with Crippen LogP contribution in [0.4, 0.5) is 0 Å². The zero-order valence-corrected chi connectivity index (χ0v) is 56.1. The molecule has 0 aromatic heterocycles. The first-order valence-electron chi connectivity index (χ1n) is 17.8. The van der Waals surface area contributed by atoms with Crippen molar-refractivity contribution in [2.75, 3.05) is 32.7 Å². The molecular formula is C36H53Ar5N13O10S3Y4-4. The van der Waals surface area contributed by atoms with Crippen molar-refractivity contribution in [3.63, 3.8) is 0 Å². The minimum absolute atomic E-state index is 0. The largest absolute Gasteiger partial charge is 0.510 e. The van der Waals surface area contributed by atoms with E-state index in [1.165, 1.54) is 0 Å². The van der Waals surface area contributed by atoms with Crippen molar-refractivity contribution in [1.82, 2.24) is 16.0 Å². The fraction of sp³-hybridized carbons (Fsp3) is 0.389. The predicted molar refractivity (Wildman–Crippen MR) is 243 cm³/mol. The quantitative estimate of drug-likeness (QED) is 0.0390. The van der Waals surface area contributed by atoms with Gasteiger partial charge in [-0.15, -0.1) is 0 Å². The molecule has 2 rings (SSSR count). The van der Waals surface area contributed by atoms with Crippen molar-refractivity contribution in [3.05, 3.63) is 136 Å². The molecule has 396 valence electrons. The van der Waals surface area contributed by atoms with Crippen molar-refractivity contribution in [2.45, 2.75) is 59.8 Å². The van der Waals surface area contributed by atoms with Crippen LogP contribution in [0.25, 0.3) is 0 Å². The summed E-state index contributed by atoms with van der Waals surface area (Å²) in [5.41, 5.74) is 21.7. The number of hydrogen-bond donors (Lipinski definition) is 7. The van der Waals surface area contributed by atoms with Gasteiger partial charge in [-0.25, -0.2) is 12.1 Å². The maximum atomic E-state index is 11.7. The molecule has 0 aliphatic carbocycles. The van der Waals surface area contributed by atoms with E-state index in [0.29, 0.717) is 60.4 Å². The van der Waals surface area contributed by atoms with E-state index < -0.39 is 9.85 Å². The van der Waals surface area contributed by atoms with Crippen molar-refractivity contribution >= 4 is 57.4 Å². The van der Waals surface area contributed by atoms with Gasteiger partial charge in [0, 0.05) is 362 Å². The molecule has 0 aliphatic heterocycles. The molecule has 0 unspecified atom stereocenters. The number of benzene rings is 2. The monoisotopic (exact) mass is 1480 g/mol. The number of hydrogen-bond acceptors (Lipinski definition) is 18. The SMILES string of the molecule is C[C-](CC[N+](=O)[O-])NC(=S)NC(=O)c1ccccc1.C[C-](CC[N+](=O)[O-])NC(N)=S.C[C-](N)CCN.C[C-](N)CC[N+](=O)[O-].N#CCC[N+](=O)[O-].N#CSC(=O)c1ccccc1.[Ar].[Ar].[Ar].[Ar].[Ar].[Y].[Y].[Y].[Y]. The Hall–Kier alpha value is 4.68. The number of thioether (sulfide) groups is 1. The van der Waals surface area contributed by atoms with Crippen LogP contribution < -0.4 is 38.9 Å². The molecule has 2 aromatic carbocycles. The number of carbonyl (C=O) groups excluding carboxylic acids is 2. The molecule has 0 aliphatic rings. The second-order valence-electron chi connectivity index (χ2n) is 11.8. The number of rotatable bonds is 17. The summed E-state index contributed by atoms with van der Waals surface area (Å²) in [5.74, 6) is -0.319. The fourth-order valence-corrected chi connectivity index (χ4v) is 3.93. The maximum Gasteiger partial charge on any atom is 0.257 e. The van der Waals surface area contributed by atoms with Crippen LogP contribution in [-0.4, -0.2) is 73.7 Å². The van der Waals surface area contributed by atoms with Gasteiger partial charge >= 0.3 is 0 Å². The Morgan fingerprint density at radius 1 is 0.634 bits per heavy atom. The molecule has 35 heteroatoms. The van der Waals surface area contributed by atoms with Gasteiger partial charge in [-0.1, -0.05) is 67.8 Å². The molecule has 0 saturated heterocycles. The first-order chi connectivity index (χ1) is 29.0. The summed E-state index contributed by atoms with van der Waals surface area (Å²) in [4.78, 5) is 60.2. The van der Waals surface area contributed by atoms with Gasteiger partial charge in [-0.2, -0.15) is 44.6 Å². The molecule has 23 nitrogen and oxygen atoms in total. The van der Waals surface area contributed by atoms with Crippen molar-refractivity contribution in [2.24, 2.45) is 22.9 Å². The number of nitrogens with two attached hydrogens (primary N) is 4. The first kappa shape index (κ1) is 107. The summed E-state index contributed by atoms with van der Waals surface area (Å²) in [7, 11) is 0. The molecule has 2 aromatic rings. The van der Waals surface area contributed by atoms with E-state index in [1.807, 2.05) is 19.1 Å². The van der Waals surface area contributed by atoms with Gasteiger partial charge in [0.1, 0.15) is 15.6 Å². The minimum Gasteiger partial charge on any atom is -0.510 e. The third kappa shape index (κ3) is 91.5. The Kier molecular flexibility index (Phi) is 116. The van der Waals surface area contributed by atoms with Crippen LogP contribution in [0.1, 0.15) is 80.5 Å². The van der Waals surface area contributed by atoms with Gasteiger partial charge in [-0.3, -0.25) is 62.1 Å². The summed E-state index contributed by atoms with van der Waals surface area (Å²) in [6.45, 7) is 7.04. The molecule has 71 heavy (non-hydrogen) atoms. The Morgan fingerprint density at radius 2 is 0.986 bits per heavy atom. The maximum absolute atomic E-state index is 11.7. The number of amides is 1. The average molecular weight is 1480 g/mol. The molecule has 0 fully saturated rings. The molecule has 0 atom stereocenters. The molecule has 4 radical (unpaired) electrons. The summed E-state index contributed by atoms with van der Waals surface area (Å²) in [6, 6.07) is 21.9. The smallest absolute Gasteiger partial charge is 0.257 e. The average Bonchev–Trinajstić information content (AvgIpc) is 3.19. The number of nitriles is 2. The van der Waals surface area contributed by atoms with Crippen molar-refractivity contribution in [1.29, 1.82) is 10.5 Å². The minimum atomic E-state index is -0.511. The zero-order valence-electron chi connectivity index (χ0n) is 38.7. The van der Waals surface area contributed by atoms with Gasteiger partial charge in [0.15, 0.2) is 19.6 Å². The molecule has 11 N–H and O–H groups in total.